The third kappa shape index (κ3) is 2.19. The molecule has 1 aromatic carbocycles. The predicted molar refractivity (Wildman–Crippen MR) is 90.0 cm³/mol. The van der Waals surface area contributed by atoms with E-state index in [2.05, 4.69) is 60.8 Å². The highest BCUT2D eigenvalue weighted by molar-refractivity contribution is 8.23. The summed E-state index contributed by atoms with van der Waals surface area (Å²) in [7, 11) is 0. The van der Waals surface area contributed by atoms with Crippen LogP contribution in [0.4, 0.5) is 0 Å². The number of hydrogen-bond donors (Lipinski definition) is 0. The molecule has 0 N–H and O–H groups in total. The summed E-state index contributed by atoms with van der Waals surface area (Å²) in [6, 6.07) is 10.7. The number of aryl methyl sites for hydroxylation is 3. The van der Waals surface area contributed by atoms with Crippen LogP contribution in [0, 0.1) is 20.8 Å². The number of nitrogens with zero attached hydrogens (tertiary/aromatic N) is 1. The van der Waals surface area contributed by atoms with E-state index in [9.17, 15) is 0 Å². The zero-order valence-electron chi connectivity index (χ0n) is 11.9. The molecule has 0 unspecified atom stereocenters. The van der Waals surface area contributed by atoms with Crippen LogP contribution in [0.5, 0.6) is 0 Å². The molecule has 3 rings (SSSR count). The maximum Gasteiger partial charge on any atom is 0.137 e. The molecular weight excluding hydrogens is 282 g/mol. The lowest BCUT2D eigenvalue weighted by atomic mass is 9.95. The van der Waals surface area contributed by atoms with E-state index in [1.807, 2.05) is 35.8 Å². The maximum absolute atomic E-state index is 4.63. The molecule has 0 bridgehead atoms. The summed E-state index contributed by atoms with van der Waals surface area (Å²) in [5.41, 5.74) is 6.52. The van der Waals surface area contributed by atoms with Gasteiger partial charge in [0, 0.05) is 6.20 Å². The standard InChI is InChI=1S/C17H17NS2/c1-12-10-13(2)16(14(3)11-12)17(19-8-9-20-17)15-6-4-5-7-18-15/h4-11H,1-3H3. The number of aromatic nitrogens is 1. The van der Waals surface area contributed by atoms with Crippen molar-refractivity contribution in [1.82, 2.24) is 4.98 Å². The lowest BCUT2D eigenvalue weighted by Gasteiger charge is -2.30. The first-order valence-corrected chi connectivity index (χ1v) is 8.40. The molecule has 0 saturated heterocycles. The summed E-state index contributed by atoms with van der Waals surface area (Å²) in [6.45, 7) is 6.57. The van der Waals surface area contributed by atoms with Crippen LogP contribution in [0.3, 0.4) is 0 Å². The molecule has 102 valence electrons. The van der Waals surface area contributed by atoms with Crippen molar-refractivity contribution in [2.45, 2.75) is 24.9 Å². The molecule has 2 aromatic rings. The van der Waals surface area contributed by atoms with Crippen molar-refractivity contribution >= 4 is 23.5 Å². The SMILES string of the molecule is Cc1cc(C)c(C2(c3ccccn3)SC=CS2)c(C)c1. The number of hydrogen-bond acceptors (Lipinski definition) is 3. The average Bonchev–Trinajstić information content (AvgIpc) is 2.89. The molecule has 1 aromatic heterocycles. The fourth-order valence-electron chi connectivity index (χ4n) is 2.90. The molecule has 1 nitrogen and oxygen atoms in total. The Kier molecular flexibility index (Phi) is 3.65. The first kappa shape index (κ1) is 13.8. The smallest absolute Gasteiger partial charge is 0.137 e. The van der Waals surface area contributed by atoms with E-state index in [4.69, 9.17) is 0 Å². The Labute approximate surface area is 128 Å². The number of pyridine rings is 1. The number of benzene rings is 1. The molecule has 20 heavy (non-hydrogen) atoms. The van der Waals surface area contributed by atoms with Crippen molar-refractivity contribution in [3.8, 4) is 0 Å². The van der Waals surface area contributed by atoms with Crippen molar-refractivity contribution in [1.29, 1.82) is 0 Å². The molecule has 0 radical (unpaired) electrons. The van der Waals surface area contributed by atoms with E-state index >= 15 is 0 Å². The normalized spacial score (nSPS) is 16.6. The lowest BCUT2D eigenvalue weighted by Crippen LogP contribution is -2.21. The van der Waals surface area contributed by atoms with E-state index in [0.717, 1.165) is 5.69 Å². The van der Waals surface area contributed by atoms with Crippen molar-refractivity contribution < 1.29 is 0 Å². The average molecular weight is 299 g/mol. The fourth-order valence-corrected chi connectivity index (χ4v) is 5.64. The highest BCUT2D eigenvalue weighted by Gasteiger charge is 2.40. The van der Waals surface area contributed by atoms with Gasteiger partial charge in [-0.1, -0.05) is 23.8 Å². The van der Waals surface area contributed by atoms with Crippen molar-refractivity contribution in [3.05, 3.63) is 75.3 Å². The Morgan fingerprint density at radius 1 is 0.950 bits per heavy atom. The zero-order chi connectivity index (χ0) is 14.2. The first-order chi connectivity index (χ1) is 9.63. The lowest BCUT2D eigenvalue weighted by molar-refractivity contribution is 0.967. The maximum atomic E-state index is 4.63. The first-order valence-electron chi connectivity index (χ1n) is 6.64. The minimum absolute atomic E-state index is 0.136. The molecule has 0 aliphatic carbocycles. The molecule has 0 saturated carbocycles. The second kappa shape index (κ2) is 5.30. The monoisotopic (exact) mass is 299 g/mol. The summed E-state index contributed by atoms with van der Waals surface area (Å²) in [6.07, 6.45) is 1.88. The summed E-state index contributed by atoms with van der Waals surface area (Å²) in [5.74, 6) is 0. The summed E-state index contributed by atoms with van der Waals surface area (Å²) < 4.78 is -0.136. The Bertz CT molecular complexity index is 631. The van der Waals surface area contributed by atoms with Crippen LogP contribution >= 0.6 is 23.5 Å². The molecule has 0 fully saturated rings. The van der Waals surface area contributed by atoms with Crippen LogP contribution in [0.1, 0.15) is 27.9 Å². The van der Waals surface area contributed by atoms with Gasteiger partial charge in [0.25, 0.3) is 0 Å². The van der Waals surface area contributed by atoms with Gasteiger partial charge in [-0.15, -0.1) is 23.5 Å². The summed E-state index contributed by atoms with van der Waals surface area (Å²) in [4.78, 5) is 4.63. The van der Waals surface area contributed by atoms with Gasteiger partial charge >= 0.3 is 0 Å². The number of thioether (sulfide) groups is 2. The molecule has 0 spiro atoms. The van der Waals surface area contributed by atoms with Gasteiger partial charge in [-0.25, -0.2) is 0 Å². The van der Waals surface area contributed by atoms with Gasteiger partial charge in [-0.2, -0.15) is 0 Å². The largest absolute Gasteiger partial charge is 0.259 e. The third-order valence-electron chi connectivity index (χ3n) is 3.53. The molecule has 2 heterocycles. The molecule has 1 aliphatic rings. The topological polar surface area (TPSA) is 12.9 Å². The van der Waals surface area contributed by atoms with E-state index in [1.165, 1.54) is 22.3 Å². The van der Waals surface area contributed by atoms with Crippen molar-refractivity contribution in [2.75, 3.05) is 0 Å². The van der Waals surface area contributed by atoms with Gasteiger partial charge in [-0.05, 0) is 60.4 Å². The van der Waals surface area contributed by atoms with E-state index in [1.54, 1.807) is 0 Å². The summed E-state index contributed by atoms with van der Waals surface area (Å²) >= 11 is 3.70. The van der Waals surface area contributed by atoms with Crippen molar-refractivity contribution in [3.63, 3.8) is 0 Å². The summed E-state index contributed by atoms with van der Waals surface area (Å²) in [5, 5.41) is 4.36. The third-order valence-corrected chi connectivity index (χ3v) is 6.32. The van der Waals surface area contributed by atoms with Gasteiger partial charge in [0.15, 0.2) is 0 Å². The minimum Gasteiger partial charge on any atom is -0.259 e. The second-order valence-electron chi connectivity index (χ2n) is 5.11. The van der Waals surface area contributed by atoms with Crippen LogP contribution in [0.25, 0.3) is 0 Å². The zero-order valence-corrected chi connectivity index (χ0v) is 13.5. The van der Waals surface area contributed by atoms with Crippen LogP contribution in [-0.2, 0) is 4.08 Å². The molecule has 1 aliphatic heterocycles. The molecular formula is C17H17NS2. The van der Waals surface area contributed by atoms with Gasteiger partial charge in [0.2, 0.25) is 0 Å². The van der Waals surface area contributed by atoms with Crippen LogP contribution in [0.2, 0.25) is 0 Å². The highest BCUT2D eigenvalue weighted by Crippen LogP contribution is 2.57. The quantitative estimate of drug-likeness (QED) is 0.760. The highest BCUT2D eigenvalue weighted by atomic mass is 32.2. The Hall–Kier alpha value is -1.19. The van der Waals surface area contributed by atoms with Crippen LogP contribution < -0.4 is 0 Å². The Balaban J connectivity index is 2.23. The van der Waals surface area contributed by atoms with Crippen LogP contribution in [0.15, 0.2) is 47.3 Å². The van der Waals surface area contributed by atoms with E-state index < -0.39 is 0 Å². The fraction of sp³-hybridized carbons (Fsp3) is 0.235. The van der Waals surface area contributed by atoms with E-state index in [0.29, 0.717) is 0 Å². The second-order valence-corrected chi connectivity index (χ2v) is 7.61. The Morgan fingerprint density at radius 2 is 1.60 bits per heavy atom. The number of rotatable bonds is 2. The molecule has 0 amide bonds. The van der Waals surface area contributed by atoms with E-state index in [-0.39, 0.29) is 4.08 Å². The minimum atomic E-state index is -0.136. The Morgan fingerprint density at radius 3 is 2.15 bits per heavy atom. The van der Waals surface area contributed by atoms with Gasteiger partial charge in [0.1, 0.15) is 4.08 Å². The molecule has 0 atom stereocenters. The van der Waals surface area contributed by atoms with Gasteiger partial charge < -0.3 is 0 Å². The predicted octanol–water partition coefficient (Wildman–Crippen LogP) is 5.16. The van der Waals surface area contributed by atoms with Gasteiger partial charge in [-0.3, -0.25) is 4.98 Å². The van der Waals surface area contributed by atoms with Crippen LogP contribution in [-0.4, -0.2) is 4.98 Å². The molecule has 3 heteroatoms. The van der Waals surface area contributed by atoms with Crippen molar-refractivity contribution in [2.24, 2.45) is 0 Å². The van der Waals surface area contributed by atoms with Gasteiger partial charge in [0.05, 0.1) is 5.69 Å².